The minimum atomic E-state index is -5.81. The SMILES string of the molecule is CCCCCC/C=C\CCCCCCCCCC(=O)OC(COC(=O)CCCCC/C=C\CCCCCCCC)COP(=O)(O)OC1C(OC2OC(CO)C(O)C(O)C2O)C(O)C(O)C(OC(=O)CCCCCCCCCCCCCCCCC)C1OC1OC(COC(=O)CCCCCCCCCCCCCCCCCC)C(O)C(O)C1O. The van der Waals surface area contributed by atoms with Gasteiger partial charge in [-0.15, -0.1) is 0 Å². The van der Waals surface area contributed by atoms with Crippen LogP contribution in [0.3, 0.4) is 0 Å². The van der Waals surface area contributed by atoms with E-state index in [2.05, 4.69) is 52.0 Å². The number of hydrogen-bond donors (Lipinski definition) is 10. The fourth-order valence-corrected chi connectivity index (χ4v) is 16.6. The lowest BCUT2D eigenvalue weighted by molar-refractivity contribution is -0.360. The second kappa shape index (κ2) is 71.1. The maximum absolute atomic E-state index is 14.9. The smallest absolute Gasteiger partial charge is 0.463 e. The van der Waals surface area contributed by atoms with Crippen LogP contribution in [-0.4, -0.2) is 205 Å². The molecule has 3 aliphatic rings. The van der Waals surface area contributed by atoms with E-state index in [1.165, 1.54) is 173 Å². The summed E-state index contributed by atoms with van der Waals surface area (Å²) in [5.41, 5.74) is 0. The molecule has 0 radical (unpaired) electrons. The zero-order valence-electron chi connectivity index (χ0n) is 73.7. The Hall–Kier alpha value is -3.05. The molecular weight excluding hydrogens is 1540 g/mol. The van der Waals surface area contributed by atoms with E-state index in [0.29, 0.717) is 38.5 Å². The third-order valence-electron chi connectivity index (χ3n) is 23.2. The molecule has 18 atom stereocenters. The molecule has 2 aliphatic heterocycles. The number of unbranched alkanes of at least 4 members (excludes halogenated alkanes) is 49. The van der Waals surface area contributed by atoms with E-state index < -0.39 is 162 Å². The largest absolute Gasteiger partial charge is 0.472 e. The van der Waals surface area contributed by atoms with Crippen molar-refractivity contribution in [2.24, 2.45) is 0 Å². The zero-order valence-corrected chi connectivity index (χ0v) is 74.6. The van der Waals surface area contributed by atoms with Crippen molar-refractivity contribution >= 4 is 31.7 Å². The van der Waals surface area contributed by atoms with Crippen LogP contribution >= 0.6 is 7.82 Å². The van der Waals surface area contributed by atoms with Crippen LogP contribution in [0, 0.1) is 0 Å². The average molecular weight is 1710 g/mol. The van der Waals surface area contributed by atoms with Gasteiger partial charge < -0.3 is 88.7 Å². The highest BCUT2D eigenvalue weighted by Gasteiger charge is 2.60. The quantitative estimate of drug-likeness (QED) is 0.00889. The van der Waals surface area contributed by atoms with Crippen molar-refractivity contribution in [2.45, 2.75) is 511 Å². The molecule has 25 nitrogen and oxygen atoms in total. The van der Waals surface area contributed by atoms with Crippen LogP contribution in [-0.2, 0) is 70.7 Å². The number of carbonyl (C=O) groups is 4. The number of phosphoric acid groups is 1. The van der Waals surface area contributed by atoms with E-state index in [1.54, 1.807) is 0 Å². The Balaban J connectivity index is 1.91. The molecule has 3 fully saturated rings. The second-order valence-corrected chi connectivity index (χ2v) is 35.3. The lowest BCUT2D eigenvalue weighted by Crippen LogP contribution is -2.70. The average Bonchev–Trinajstić information content (AvgIpc) is 0.755. The monoisotopic (exact) mass is 1710 g/mol. The molecule has 3 rings (SSSR count). The van der Waals surface area contributed by atoms with Gasteiger partial charge in [0.1, 0.15) is 92.6 Å². The van der Waals surface area contributed by atoms with Gasteiger partial charge in [-0.2, -0.15) is 0 Å². The minimum Gasteiger partial charge on any atom is -0.463 e. The predicted octanol–water partition coefficient (Wildman–Crippen LogP) is 17.7. The van der Waals surface area contributed by atoms with Crippen molar-refractivity contribution in [1.29, 1.82) is 0 Å². The Morgan fingerprint density at radius 3 is 1.03 bits per heavy atom. The number of phosphoric ester groups is 1. The van der Waals surface area contributed by atoms with Gasteiger partial charge in [-0.05, 0) is 77.0 Å². The van der Waals surface area contributed by atoms with Crippen LogP contribution in [0.1, 0.15) is 407 Å². The molecular formula is C92H169O25P. The van der Waals surface area contributed by atoms with Gasteiger partial charge in [0.05, 0.1) is 13.2 Å². The van der Waals surface area contributed by atoms with E-state index in [0.717, 1.165) is 141 Å². The number of aliphatic hydroxyl groups excluding tert-OH is 9. The summed E-state index contributed by atoms with van der Waals surface area (Å²) in [4.78, 5) is 66.5. The molecule has 2 heterocycles. The van der Waals surface area contributed by atoms with Crippen LogP contribution in [0.15, 0.2) is 24.3 Å². The number of ether oxygens (including phenoxy) is 8. The van der Waals surface area contributed by atoms with Crippen LogP contribution in [0.4, 0.5) is 0 Å². The lowest BCUT2D eigenvalue weighted by Gasteiger charge is -2.50. The maximum Gasteiger partial charge on any atom is 0.472 e. The summed E-state index contributed by atoms with van der Waals surface area (Å²) >= 11 is 0. The standard InChI is InChI=1S/C92H169O25P/c1-5-9-13-17-21-25-29-33-36-39-41-45-49-53-57-61-65-76(95)109-71-74-80(99)82(101)86(105)92(113-74)116-89-87(114-78(97)67-63-59-55-51-47-43-38-35-31-27-23-19-15-11-7-3)83(102)84(103)88(115-91-85(104)81(100)79(98)73(68-93)112-91)90(89)117-118(106,107)110-70-72(69-108-75(94)64-60-56-52-48-44-40-32-28-24-20-16-12-8-4)111-77(96)66-62-58-54-50-46-42-37-34-30-26-22-18-14-10-6-2/h26,30,40,44,72-74,79-93,98-105H,5-25,27-29,31-39,41-43,45-71H2,1-4H3,(H,106,107)/b30-26-,44-40-. The molecule has 692 valence electrons. The van der Waals surface area contributed by atoms with Gasteiger partial charge in [0.15, 0.2) is 24.8 Å². The molecule has 118 heavy (non-hydrogen) atoms. The molecule has 0 spiro atoms. The summed E-state index contributed by atoms with van der Waals surface area (Å²) < 4.78 is 73.4. The maximum atomic E-state index is 14.9. The van der Waals surface area contributed by atoms with Crippen LogP contribution in [0.5, 0.6) is 0 Å². The van der Waals surface area contributed by atoms with Crippen molar-refractivity contribution in [3.05, 3.63) is 24.3 Å². The Labute approximate surface area is 711 Å². The zero-order chi connectivity index (χ0) is 86.1. The fraction of sp³-hybridized carbons (Fsp3) is 0.913. The van der Waals surface area contributed by atoms with Crippen molar-refractivity contribution in [1.82, 2.24) is 0 Å². The highest BCUT2D eigenvalue weighted by molar-refractivity contribution is 7.47. The Morgan fingerprint density at radius 1 is 0.331 bits per heavy atom. The number of esters is 4. The molecule has 0 aromatic heterocycles. The highest BCUT2D eigenvalue weighted by Crippen LogP contribution is 2.49. The van der Waals surface area contributed by atoms with Gasteiger partial charge in [-0.1, -0.05) is 328 Å². The van der Waals surface area contributed by atoms with E-state index in [9.17, 15) is 74.6 Å². The molecule has 0 aromatic carbocycles. The van der Waals surface area contributed by atoms with Gasteiger partial charge in [0.25, 0.3) is 0 Å². The molecule has 0 aromatic rings. The summed E-state index contributed by atoms with van der Waals surface area (Å²) in [6, 6.07) is 0. The Bertz CT molecular complexity index is 2550. The number of allylic oxidation sites excluding steroid dienone is 4. The number of hydrogen-bond acceptors (Lipinski definition) is 24. The molecule has 0 bridgehead atoms. The van der Waals surface area contributed by atoms with E-state index in [1.807, 2.05) is 0 Å². The first kappa shape index (κ1) is 109. The van der Waals surface area contributed by atoms with Crippen molar-refractivity contribution in [3.8, 4) is 0 Å². The fourth-order valence-electron chi connectivity index (χ4n) is 15.6. The summed E-state index contributed by atoms with van der Waals surface area (Å²) in [6.45, 7) is 5.58. The number of aliphatic hydroxyl groups is 9. The summed E-state index contributed by atoms with van der Waals surface area (Å²) in [5, 5.41) is 102. The van der Waals surface area contributed by atoms with E-state index >= 15 is 0 Å². The molecule has 1 saturated carbocycles. The first-order valence-corrected chi connectivity index (χ1v) is 49.1. The van der Waals surface area contributed by atoms with Crippen molar-refractivity contribution < 1.29 is 122 Å². The summed E-state index contributed by atoms with van der Waals surface area (Å²) in [6.07, 6.45) is 31.6. The third kappa shape index (κ3) is 50.8. The summed E-state index contributed by atoms with van der Waals surface area (Å²) in [7, 11) is -5.81. The molecule has 10 N–H and O–H groups in total. The van der Waals surface area contributed by atoms with Gasteiger partial charge in [-0.3, -0.25) is 28.2 Å². The topological polar surface area (TPSA) is 380 Å². The van der Waals surface area contributed by atoms with Crippen LogP contribution < -0.4 is 0 Å². The lowest BCUT2D eigenvalue weighted by atomic mass is 9.84. The molecule has 2 saturated heterocycles. The van der Waals surface area contributed by atoms with E-state index in [4.69, 9.17) is 46.9 Å². The van der Waals surface area contributed by atoms with Crippen LogP contribution in [0.2, 0.25) is 0 Å². The Morgan fingerprint density at radius 2 is 0.636 bits per heavy atom. The van der Waals surface area contributed by atoms with Gasteiger partial charge in [-0.25, -0.2) is 4.57 Å². The highest BCUT2D eigenvalue weighted by atomic mass is 31.2. The van der Waals surface area contributed by atoms with Crippen LogP contribution in [0.25, 0.3) is 0 Å². The normalized spacial score (nSPS) is 25.0. The second-order valence-electron chi connectivity index (χ2n) is 33.9. The molecule has 0 amide bonds. The summed E-state index contributed by atoms with van der Waals surface area (Å²) in [5.74, 6) is -2.98. The van der Waals surface area contributed by atoms with Gasteiger partial charge >= 0.3 is 31.7 Å². The number of carbonyl (C=O) groups excluding carboxylic acids is 4. The van der Waals surface area contributed by atoms with Gasteiger partial charge in [0, 0.05) is 25.7 Å². The van der Waals surface area contributed by atoms with Gasteiger partial charge in [0.2, 0.25) is 0 Å². The first-order chi connectivity index (χ1) is 57.2. The molecule has 1 aliphatic carbocycles. The molecule has 26 heteroatoms. The predicted molar refractivity (Wildman–Crippen MR) is 458 cm³/mol. The number of rotatable bonds is 77. The van der Waals surface area contributed by atoms with E-state index in [-0.39, 0.29) is 25.7 Å². The van der Waals surface area contributed by atoms with Crippen molar-refractivity contribution in [2.75, 3.05) is 26.4 Å². The third-order valence-corrected chi connectivity index (χ3v) is 24.2. The first-order valence-electron chi connectivity index (χ1n) is 47.6. The molecule has 18 unspecified atom stereocenters. The minimum absolute atomic E-state index is 0.0135. The Kier molecular flexibility index (Phi) is 65.8. The van der Waals surface area contributed by atoms with Crippen molar-refractivity contribution in [3.63, 3.8) is 0 Å².